The molecule has 0 heterocycles. The quantitative estimate of drug-likeness (QED) is 0.518. The minimum absolute atomic E-state index is 0. The Labute approximate surface area is 76.6 Å². The van der Waals surface area contributed by atoms with Crippen molar-refractivity contribution in [3.05, 3.63) is 0 Å². The Morgan fingerprint density at radius 2 is 0.818 bits per heavy atom. The van der Waals surface area contributed by atoms with E-state index in [1.54, 1.807) is 0 Å². The van der Waals surface area contributed by atoms with Crippen molar-refractivity contribution in [3.63, 3.8) is 0 Å². The van der Waals surface area contributed by atoms with Crippen molar-refractivity contribution in [3.8, 4) is 0 Å². The summed E-state index contributed by atoms with van der Waals surface area (Å²) in [4.78, 5) is 8.47. The third kappa shape index (κ3) is 5220. The number of rotatable bonds is 0. The fraction of sp³-hybridized carbons (Fsp3) is 0.900. The van der Waals surface area contributed by atoms with Crippen LogP contribution < -0.4 is 0 Å². The Bertz CT molecular complexity index is 17.3. The summed E-state index contributed by atoms with van der Waals surface area (Å²) < 4.78 is 5.53. The Hall–Kier alpha value is -0.330. The largest absolute Gasteiger partial charge is 0.307 e. The van der Waals surface area contributed by atoms with Crippen LogP contribution in [0.1, 0.15) is 64.2 Å². The van der Waals surface area contributed by atoms with Crippen LogP contribution in [0.15, 0.2) is 0 Å². The SMILES string of the molecule is C.CC.CC.CC.CC.[3H]C=O. The van der Waals surface area contributed by atoms with Gasteiger partial charge in [0.15, 0.2) is 0 Å². The Balaban J connectivity index is -0.00000000933. The van der Waals surface area contributed by atoms with E-state index in [4.69, 9.17) is 6.17 Å². The molecule has 0 fully saturated rings. The van der Waals surface area contributed by atoms with E-state index in [1.165, 1.54) is 0 Å². The van der Waals surface area contributed by atoms with Crippen LogP contribution in [0.3, 0.4) is 0 Å². The van der Waals surface area contributed by atoms with Gasteiger partial charge in [0, 0.05) is 0 Å². The van der Waals surface area contributed by atoms with Crippen molar-refractivity contribution < 1.29 is 6.17 Å². The lowest BCUT2D eigenvalue weighted by atomic mass is 11.0. The fourth-order valence-corrected chi connectivity index (χ4v) is 0. The monoisotopic (exact) mass is 168 g/mol. The van der Waals surface area contributed by atoms with Crippen molar-refractivity contribution in [2.45, 2.75) is 62.8 Å². The maximum absolute atomic E-state index is 8.47. The van der Waals surface area contributed by atoms with Gasteiger partial charge in [-0.2, -0.15) is 0 Å². The van der Waals surface area contributed by atoms with Gasteiger partial charge in [-0.1, -0.05) is 62.8 Å². The Morgan fingerprint density at radius 1 is 0.818 bits per heavy atom. The molecular formula is C10H30O. The zero-order valence-electron chi connectivity index (χ0n) is 9.99. The van der Waals surface area contributed by atoms with Crippen molar-refractivity contribution in [1.29, 1.82) is 0 Å². The third-order valence-corrected chi connectivity index (χ3v) is 0. The third-order valence-electron chi connectivity index (χ3n) is 0. The summed E-state index contributed by atoms with van der Waals surface area (Å²) in [7, 11) is 0. The first kappa shape index (κ1) is 31.0. The molecule has 0 saturated heterocycles. The lowest BCUT2D eigenvalue weighted by Crippen LogP contribution is -0.925. The number of carbonyl (C=O) groups excluding carboxylic acids is 1. The molecular weight excluding hydrogens is 136 g/mol. The minimum atomic E-state index is 0. The highest BCUT2D eigenvalue weighted by Gasteiger charge is 0.938. The summed E-state index contributed by atoms with van der Waals surface area (Å²) in [5.41, 5.74) is 0. The molecule has 0 saturated carbocycles. The molecule has 0 aliphatic rings. The van der Waals surface area contributed by atoms with E-state index >= 15 is 0 Å². The van der Waals surface area contributed by atoms with Crippen LogP contribution in [0.25, 0.3) is 0 Å². The smallest absolute Gasteiger partial charge is 0.106 e. The van der Waals surface area contributed by atoms with E-state index in [0.29, 0.717) is 0 Å². The van der Waals surface area contributed by atoms with E-state index in [2.05, 4.69) is 0 Å². The topological polar surface area (TPSA) is 17.1 Å². The molecule has 0 bridgehead atoms. The molecule has 0 radical (unpaired) electrons. The molecule has 0 spiro atoms. The van der Waals surface area contributed by atoms with Crippen LogP contribution in [-0.2, 0) is 4.79 Å². The standard InChI is InChI=1S/4C2H6.CH2O.CH4/c5*1-2;/h4*1-2H3;1H2;1H4/i;;;;1T;. The zero-order chi connectivity index (χ0) is 10.7. The molecule has 76 valence electrons. The van der Waals surface area contributed by atoms with Crippen molar-refractivity contribution in [2.24, 2.45) is 0 Å². The molecule has 0 atom stereocenters. The van der Waals surface area contributed by atoms with Crippen molar-refractivity contribution in [1.82, 2.24) is 0 Å². The predicted octanol–water partition coefficient (Wildman–Crippen LogP) is 4.56. The first-order valence-electron chi connectivity index (χ1n) is 4.81. The van der Waals surface area contributed by atoms with Crippen LogP contribution in [0.2, 0.25) is 0 Å². The maximum Gasteiger partial charge on any atom is 0.106 e. The lowest BCUT2D eigenvalue weighted by molar-refractivity contribution is -0.0979. The highest BCUT2D eigenvalue weighted by molar-refractivity contribution is 5.10. The van der Waals surface area contributed by atoms with Crippen molar-refractivity contribution >= 4 is 6.77 Å². The molecule has 0 amide bonds. The molecule has 0 rings (SSSR count). The summed E-state index contributed by atoms with van der Waals surface area (Å²) in [6, 6.07) is 0. The second kappa shape index (κ2) is 6670. The normalized spacial score (nSPS) is 3.45. The lowest BCUT2D eigenvalue weighted by Gasteiger charge is -1.07. The van der Waals surface area contributed by atoms with Gasteiger partial charge in [0.25, 0.3) is 0 Å². The van der Waals surface area contributed by atoms with Gasteiger partial charge in [-0.25, -0.2) is 0 Å². The first-order chi connectivity index (χ1) is 5.41. The van der Waals surface area contributed by atoms with Gasteiger partial charge in [0.1, 0.15) is 8.14 Å². The highest BCUT2D eigenvalue weighted by atomic mass is 16.1. The molecule has 0 aromatic rings. The highest BCUT2D eigenvalue weighted by Crippen LogP contribution is 1.15. The molecule has 0 aromatic heterocycles. The van der Waals surface area contributed by atoms with Crippen LogP contribution in [0, 0.1) is 0 Å². The predicted molar refractivity (Wildman–Crippen MR) is 59.2 cm³/mol. The molecule has 0 unspecified atom stereocenters. The molecule has 1 nitrogen and oxygen atoms in total. The second-order valence-electron chi connectivity index (χ2n) is 0. The van der Waals surface area contributed by atoms with Gasteiger partial charge in [-0.3, -0.25) is 0 Å². The zero-order valence-corrected chi connectivity index (χ0v) is 8.99. The second-order valence-corrected chi connectivity index (χ2v) is 0. The van der Waals surface area contributed by atoms with E-state index in [1.807, 2.05) is 55.4 Å². The average Bonchev–Trinajstić information content (AvgIpc) is 2.18. The fourth-order valence-electron chi connectivity index (χ4n) is 0. The molecule has 11 heavy (non-hydrogen) atoms. The molecule has 0 N–H and O–H groups in total. The Morgan fingerprint density at radius 3 is 0.818 bits per heavy atom. The number of hydrogen-bond donors (Lipinski definition) is 0. The van der Waals surface area contributed by atoms with Crippen molar-refractivity contribution in [2.75, 3.05) is 0 Å². The van der Waals surface area contributed by atoms with Gasteiger partial charge in [-0.05, 0) is 0 Å². The van der Waals surface area contributed by atoms with E-state index in [-0.39, 0.29) is 14.2 Å². The van der Waals surface area contributed by atoms with Crippen LogP contribution in [-0.4, -0.2) is 6.77 Å². The van der Waals surface area contributed by atoms with Gasteiger partial charge in [0.2, 0.25) is 0 Å². The summed E-state index contributed by atoms with van der Waals surface area (Å²) in [6.07, 6.45) is 0. The van der Waals surface area contributed by atoms with Crippen LogP contribution in [0.5, 0.6) is 0 Å². The van der Waals surface area contributed by atoms with E-state index in [0.717, 1.165) is 0 Å². The average molecular weight is 168 g/mol. The number of hydrogen-bond acceptors (Lipinski definition) is 1. The van der Waals surface area contributed by atoms with Gasteiger partial charge in [-0.15, -0.1) is 0 Å². The summed E-state index contributed by atoms with van der Waals surface area (Å²) in [5, 5.41) is 0. The van der Waals surface area contributed by atoms with E-state index in [9.17, 15) is 0 Å². The molecule has 0 aromatic carbocycles. The summed E-state index contributed by atoms with van der Waals surface area (Å²) in [6.45, 7) is 16.0. The van der Waals surface area contributed by atoms with E-state index < -0.39 is 0 Å². The van der Waals surface area contributed by atoms with Crippen LogP contribution in [0.4, 0.5) is 0 Å². The first-order valence-corrected chi connectivity index (χ1v) is 4.24. The van der Waals surface area contributed by atoms with Gasteiger partial charge in [0.05, 0.1) is 0 Å². The van der Waals surface area contributed by atoms with Crippen LogP contribution >= 0.6 is 0 Å². The minimum Gasteiger partial charge on any atom is -0.307 e. The number of carbonyl (C=O) groups is 1. The molecule has 0 aliphatic carbocycles. The summed E-state index contributed by atoms with van der Waals surface area (Å²) in [5.74, 6) is 0. The summed E-state index contributed by atoms with van der Waals surface area (Å²) >= 11 is 0. The maximum atomic E-state index is 8.47. The van der Waals surface area contributed by atoms with Gasteiger partial charge < -0.3 is 4.79 Å². The van der Waals surface area contributed by atoms with Gasteiger partial charge >= 0.3 is 0 Å². The molecule has 1 heteroatoms. The molecule has 0 aliphatic heterocycles. The Kier molecular flexibility index (Phi) is 18800.